The Morgan fingerprint density at radius 3 is 2.68 bits per heavy atom. The van der Waals surface area contributed by atoms with Gasteiger partial charge in [-0.2, -0.15) is 5.10 Å². The normalized spacial score (nSPS) is 12.2. The van der Waals surface area contributed by atoms with E-state index in [2.05, 4.69) is 27.3 Å². The number of halogens is 1. The van der Waals surface area contributed by atoms with Gasteiger partial charge in [-0.3, -0.25) is 4.68 Å². The number of hydrogen-bond donors (Lipinski definition) is 1. The summed E-state index contributed by atoms with van der Waals surface area (Å²) in [6, 6.07) is 8.28. The van der Waals surface area contributed by atoms with Crippen LogP contribution in [0.2, 0.25) is 0 Å². The highest BCUT2D eigenvalue weighted by molar-refractivity contribution is 5.61. The zero-order valence-electron chi connectivity index (χ0n) is 14.7. The summed E-state index contributed by atoms with van der Waals surface area (Å²) >= 11 is 0. The minimum atomic E-state index is -0.242. The van der Waals surface area contributed by atoms with Crippen LogP contribution < -0.4 is 5.32 Å². The third-order valence-corrected chi connectivity index (χ3v) is 4.19. The molecule has 0 unspecified atom stereocenters. The van der Waals surface area contributed by atoms with Crippen LogP contribution >= 0.6 is 0 Å². The lowest BCUT2D eigenvalue weighted by atomic mass is 10.1. The first-order valence-corrected chi connectivity index (χ1v) is 8.46. The Kier molecular flexibility index (Phi) is 5.07. The molecule has 3 rings (SSSR count). The van der Waals surface area contributed by atoms with Crippen molar-refractivity contribution in [1.29, 1.82) is 0 Å². The summed E-state index contributed by atoms with van der Waals surface area (Å²) in [7, 11) is 0. The number of hydrogen-bond acceptors (Lipinski definition) is 4. The molecule has 0 bridgehead atoms. The van der Waals surface area contributed by atoms with Gasteiger partial charge in [-0.15, -0.1) is 0 Å². The van der Waals surface area contributed by atoms with E-state index in [0.717, 1.165) is 35.5 Å². The maximum absolute atomic E-state index is 13.1. The van der Waals surface area contributed by atoms with Crippen molar-refractivity contribution in [3.05, 3.63) is 59.8 Å². The number of aryl methyl sites for hydroxylation is 1. The van der Waals surface area contributed by atoms with Crippen molar-refractivity contribution in [2.24, 2.45) is 0 Å². The lowest BCUT2D eigenvalue weighted by Gasteiger charge is -2.14. The summed E-state index contributed by atoms with van der Waals surface area (Å²) in [6.45, 7) is 7.07. The van der Waals surface area contributed by atoms with Crippen molar-refractivity contribution in [2.45, 2.75) is 39.8 Å². The highest BCUT2D eigenvalue weighted by Crippen LogP contribution is 2.23. The summed E-state index contributed by atoms with van der Waals surface area (Å²) in [5.74, 6) is 0.297. The molecule has 0 fully saturated rings. The topological polar surface area (TPSA) is 55.6 Å². The predicted molar refractivity (Wildman–Crippen MR) is 96.7 cm³/mol. The van der Waals surface area contributed by atoms with Gasteiger partial charge in [0.25, 0.3) is 0 Å². The molecule has 0 saturated heterocycles. The Morgan fingerprint density at radius 2 is 1.96 bits per heavy atom. The van der Waals surface area contributed by atoms with E-state index < -0.39 is 0 Å². The Hall–Kier alpha value is -2.76. The van der Waals surface area contributed by atoms with E-state index in [1.807, 2.05) is 30.8 Å². The van der Waals surface area contributed by atoms with Crippen molar-refractivity contribution in [3.8, 4) is 11.3 Å². The van der Waals surface area contributed by atoms with Crippen molar-refractivity contribution >= 4 is 5.95 Å². The van der Waals surface area contributed by atoms with E-state index in [1.165, 1.54) is 12.1 Å². The molecule has 130 valence electrons. The molecule has 3 aromatic rings. The highest BCUT2D eigenvalue weighted by atomic mass is 19.1. The van der Waals surface area contributed by atoms with Gasteiger partial charge in [-0.05, 0) is 44.0 Å². The van der Waals surface area contributed by atoms with E-state index in [0.29, 0.717) is 5.95 Å². The molecule has 0 aliphatic heterocycles. The molecule has 5 nitrogen and oxygen atoms in total. The van der Waals surface area contributed by atoms with Gasteiger partial charge in [0.15, 0.2) is 0 Å². The van der Waals surface area contributed by atoms with Gasteiger partial charge in [0.1, 0.15) is 5.82 Å². The molecule has 0 aliphatic carbocycles. The fourth-order valence-corrected chi connectivity index (χ4v) is 2.74. The fraction of sp³-hybridized carbons (Fsp3) is 0.316. The van der Waals surface area contributed by atoms with Crippen LogP contribution in [0.5, 0.6) is 0 Å². The van der Waals surface area contributed by atoms with Gasteiger partial charge in [0, 0.05) is 24.0 Å². The van der Waals surface area contributed by atoms with Crippen LogP contribution in [0, 0.1) is 12.7 Å². The van der Waals surface area contributed by atoms with Gasteiger partial charge < -0.3 is 5.32 Å². The first kappa shape index (κ1) is 17.1. The zero-order chi connectivity index (χ0) is 17.8. The molecule has 6 heteroatoms. The number of nitrogens with one attached hydrogen (secondary N) is 1. The van der Waals surface area contributed by atoms with Crippen LogP contribution in [0.1, 0.15) is 37.6 Å². The van der Waals surface area contributed by atoms with Crippen LogP contribution in [-0.4, -0.2) is 19.7 Å². The van der Waals surface area contributed by atoms with Crippen molar-refractivity contribution < 1.29 is 4.39 Å². The summed E-state index contributed by atoms with van der Waals surface area (Å²) < 4.78 is 15.1. The second-order valence-electron chi connectivity index (χ2n) is 6.05. The Bertz CT molecular complexity index is 841. The molecule has 2 heterocycles. The molecule has 1 aromatic carbocycles. The molecule has 2 aromatic heterocycles. The minimum Gasteiger partial charge on any atom is -0.348 e. The molecule has 0 amide bonds. The predicted octanol–water partition coefficient (Wildman–Crippen LogP) is 4.37. The number of nitrogens with zero attached hydrogens (tertiary/aromatic N) is 4. The highest BCUT2D eigenvalue weighted by Gasteiger charge is 2.12. The maximum Gasteiger partial charge on any atom is 0.223 e. The average Bonchev–Trinajstić information content (AvgIpc) is 2.97. The van der Waals surface area contributed by atoms with E-state index in [9.17, 15) is 4.39 Å². The molecule has 0 aliphatic rings. The van der Waals surface area contributed by atoms with Crippen LogP contribution in [0.3, 0.4) is 0 Å². The second kappa shape index (κ2) is 7.42. The SMILES string of the molecule is CCCn1ncc(-c2ccnc(N[C@H](C)c3ccc(F)cc3)n2)c1C. The third kappa shape index (κ3) is 3.84. The number of aromatic nitrogens is 4. The Balaban J connectivity index is 1.81. The minimum absolute atomic E-state index is 0.0280. The van der Waals surface area contributed by atoms with Crippen molar-refractivity contribution in [1.82, 2.24) is 19.7 Å². The van der Waals surface area contributed by atoms with Gasteiger partial charge in [-0.25, -0.2) is 14.4 Å². The van der Waals surface area contributed by atoms with Gasteiger partial charge >= 0.3 is 0 Å². The Morgan fingerprint density at radius 1 is 1.20 bits per heavy atom. The van der Waals surface area contributed by atoms with Crippen molar-refractivity contribution in [3.63, 3.8) is 0 Å². The van der Waals surface area contributed by atoms with Crippen molar-refractivity contribution in [2.75, 3.05) is 5.32 Å². The first-order chi connectivity index (χ1) is 12.1. The quantitative estimate of drug-likeness (QED) is 0.724. The van der Waals surface area contributed by atoms with E-state index in [4.69, 9.17) is 0 Å². The largest absolute Gasteiger partial charge is 0.348 e. The van der Waals surface area contributed by atoms with Crippen LogP contribution in [0.4, 0.5) is 10.3 Å². The monoisotopic (exact) mass is 339 g/mol. The first-order valence-electron chi connectivity index (χ1n) is 8.46. The summed E-state index contributed by atoms with van der Waals surface area (Å²) in [5.41, 5.74) is 3.91. The smallest absolute Gasteiger partial charge is 0.223 e. The zero-order valence-corrected chi connectivity index (χ0v) is 14.7. The molecule has 0 saturated carbocycles. The lowest BCUT2D eigenvalue weighted by Crippen LogP contribution is -2.09. The molecule has 0 spiro atoms. The standard InChI is InChI=1S/C19H22FN5/c1-4-11-25-14(3)17(12-22-25)18-9-10-21-19(24-18)23-13(2)15-5-7-16(20)8-6-15/h5-10,12-13H,4,11H2,1-3H3,(H,21,23,24)/t13-/m1/s1. The van der Waals surface area contributed by atoms with Gasteiger partial charge in [0.05, 0.1) is 17.9 Å². The molecular formula is C19H22FN5. The molecule has 1 N–H and O–H groups in total. The van der Waals surface area contributed by atoms with Crippen LogP contribution in [-0.2, 0) is 6.54 Å². The van der Waals surface area contributed by atoms with Gasteiger partial charge in [0.2, 0.25) is 5.95 Å². The van der Waals surface area contributed by atoms with Crippen LogP contribution in [0.15, 0.2) is 42.7 Å². The third-order valence-electron chi connectivity index (χ3n) is 4.19. The second-order valence-corrected chi connectivity index (χ2v) is 6.05. The molecule has 0 radical (unpaired) electrons. The summed E-state index contributed by atoms with van der Waals surface area (Å²) in [5, 5.41) is 7.70. The van der Waals surface area contributed by atoms with E-state index in [1.54, 1.807) is 18.3 Å². The van der Waals surface area contributed by atoms with E-state index in [-0.39, 0.29) is 11.9 Å². The molecule has 25 heavy (non-hydrogen) atoms. The summed E-state index contributed by atoms with van der Waals surface area (Å²) in [4.78, 5) is 8.91. The number of benzene rings is 1. The Labute approximate surface area is 146 Å². The maximum atomic E-state index is 13.1. The number of rotatable bonds is 6. The molecule has 1 atom stereocenters. The average molecular weight is 339 g/mol. The summed E-state index contributed by atoms with van der Waals surface area (Å²) in [6.07, 6.45) is 4.62. The lowest BCUT2D eigenvalue weighted by molar-refractivity contribution is 0.587. The van der Waals surface area contributed by atoms with E-state index >= 15 is 0 Å². The molecular weight excluding hydrogens is 317 g/mol. The number of anilines is 1. The fourth-order valence-electron chi connectivity index (χ4n) is 2.74. The van der Waals surface area contributed by atoms with Gasteiger partial charge in [-0.1, -0.05) is 19.1 Å². The van der Waals surface area contributed by atoms with Crippen LogP contribution in [0.25, 0.3) is 11.3 Å².